The van der Waals surface area contributed by atoms with Crippen LogP contribution in [0.25, 0.3) is 0 Å². The van der Waals surface area contributed by atoms with Gasteiger partial charge in [0.1, 0.15) is 0 Å². The molecule has 1 unspecified atom stereocenters. The van der Waals surface area contributed by atoms with Crippen LogP contribution in [0.2, 0.25) is 0 Å². The zero-order valence-electron chi connectivity index (χ0n) is 11.0. The van der Waals surface area contributed by atoms with E-state index in [0.717, 1.165) is 17.7 Å². The second-order valence-electron chi connectivity index (χ2n) is 4.84. The van der Waals surface area contributed by atoms with Crippen molar-refractivity contribution in [1.82, 2.24) is 9.62 Å². The molecular weight excluding hydrogens is 284 g/mol. The first-order valence-electron chi connectivity index (χ1n) is 6.18. The third kappa shape index (κ3) is 3.77. The van der Waals surface area contributed by atoms with Gasteiger partial charge in [0.2, 0.25) is 10.0 Å². The fraction of sp³-hybridized carbons (Fsp3) is 0.583. The standard InChI is InChI=1S/C12H18N2O3S2/c1-9-5-6-11(18-9)12(15)13-10-4-3-7-14(8-10)19(2,16)17/h5-6,10H,3-4,7-8H2,1-2H3,(H,13,15). The Labute approximate surface area is 117 Å². The highest BCUT2D eigenvalue weighted by molar-refractivity contribution is 7.88. The predicted molar refractivity (Wildman–Crippen MR) is 76.0 cm³/mol. The lowest BCUT2D eigenvalue weighted by Gasteiger charge is -2.31. The molecule has 0 aliphatic carbocycles. The van der Waals surface area contributed by atoms with Crippen LogP contribution in [-0.4, -0.2) is 44.0 Å². The Kier molecular flexibility index (Phi) is 4.27. The van der Waals surface area contributed by atoms with Crippen LogP contribution in [0.15, 0.2) is 12.1 Å². The van der Waals surface area contributed by atoms with E-state index < -0.39 is 10.0 Å². The maximum absolute atomic E-state index is 12.0. The molecule has 1 amide bonds. The molecule has 19 heavy (non-hydrogen) atoms. The third-order valence-corrected chi connectivity index (χ3v) is 5.42. The lowest BCUT2D eigenvalue weighted by molar-refractivity contribution is 0.0925. The molecule has 1 aliphatic heterocycles. The number of thiophene rings is 1. The van der Waals surface area contributed by atoms with Crippen LogP contribution >= 0.6 is 11.3 Å². The Balaban J connectivity index is 1.98. The molecule has 1 aromatic heterocycles. The van der Waals surface area contributed by atoms with E-state index in [9.17, 15) is 13.2 Å². The molecule has 7 heteroatoms. The van der Waals surface area contributed by atoms with Gasteiger partial charge in [-0.05, 0) is 31.9 Å². The van der Waals surface area contributed by atoms with Gasteiger partial charge < -0.3 is 5.32 Å². The minimum absolute atomic E-state index is 0.0987. The van der Waals surface area contributed by atoms with Crippen molar-refractivity contribution in [2.45, 2.75) is 25.8 Å². The normalized spacial score (nSPS) is 21.3. The molecule has 0 aromatic carbocycles. The van der Waals surface area contributed by atoms with Crippen LogP contribution in [0, 0.1) is 6.92 Å². The van der Waals surface area contributed by atoms with Gasteiger partial charge in [0.25, 0.3) is 5.91 Å². The van der Waals surface area contributed by atoms with Crippen LogP contribution in [0.1, 0.15) is 27.4 Å². The molecule has 0 radical (unpaired) electrons. The van der Waals surface area contributed by atoms with Crippen LogP contribution < -0.4 is 5.32 Å². The molecule has 0 bridgehead atoms. The molecule has 0 spiro atoms. The molecule has 2 heterocycles. The van der Waals surface area contributed by atoms with Crippen molar-refractivity contribution in [3.05, 3.63) is 21.9 Å². The number of rotatable bonds is 3. The zero-order chi connectivity index (χ0) is 14.0. The van der Waals surface area contributed by atoms with E-state index >= 15 is 0 Å². The summed E-state index contributed by atoms with van der Waals surface area (Å²) >= 11 is 1.45. The number of carbonyl (C=O) groups excluding carboxylic acids is 1. The molecule has 0 saturated carbocycles. The summed E-state index contributed by atoms with van der Waals surface area (Å²) in [6.07, 6.45) is 2.81. The monoisotopic (exact) mass is 302 g/mol. The second kappa shape index (κ2) is 5.60. The minimum Gasteiger partial charge on any atom is -0.347 e. The van der Waals surface area contributed by atoms with Gasteiger partial charge in [0, 0.05) is 24.0 Å². The zero-order valence-corrected chi connectivity index (χ0v) is 12.7. The Morgan fingerprint density at radius 2 is 2.21 bits per heavy atom. The van der Waals surface area contributed by atoms with Crippen LogP contribution in [0.4, 0.5) is 0 Å². The molecule has 2 rings (SSSR count). The second-order valence-corrected chi connectivity index (χ2v) is 8.11. The number of sulfonamides is 1. The number of hydrogen-bond donors (Lipinski definition) is 1. The molecule has 5 nitrogen and oxygen atoms in total. The molecule has 1 atom stereocenters. The Morgan fingerprint density at radius 3 is 2.79 bits per heavy atom. The van der Waals surface area contributed by atoms with E-state index in [0.29, 0.717) is 18.0 Å². The molecule has 106 valence electrons. The summed E-state index contributed by atoms with van der Waals surface area (Å²) < 4.78 is 24.4. The van der Waals surface area contributed by atoms with Crippen LogP contribution in [0.5, 0.6) is 0 Å². The lowest BCUT2D eigenvalue weighted by atomic mass is 10.1. The maximum Gasteiger partial charge on any atom is 0.261 e. The highest BCUT2D eigenvalue weighted by Gasteiger charge is 2.27. The maximum atomic E-state index is 12.0. The van der Waals surface area contributed by atoms with E-state index in [1.54, 1.807) is 6.07 Å². The Hall–Kier alpha value is -0.920. The number of nitrogens with zero attached hydrogens (tertiary/aromatic N) is 1. The van der Waals surface area contributed by atoms with Crippen molar-refractivity contribution in [2.24, 2.45) is 0 Å². The van der Waals surface area contributed by atoms with Gasteiger partial charge >= 0.3 is 0 Å². The number of hydrogen-bond acceptors (Lipinski definition) is 4. The average molecular weight is 302 g/mol. The highest BCUT2D eigenvalue weighted by atomic mass is 32.2. The minimum atomic E-state index is -3.17. The van der Waals surface area contributed by atoms with Gasteiger partial charge in [-0.1, -0.05) is 0 Å². The molecule has 1 saturated heterocycles. The van der Waals surface area contributed by atoms with Gasteiger partial charge in [-0.3, -0.25) is 4.79 Å². The summed E-state index contributed by atoms with van der Waals surface area (Å²) in [5, 5.41) is 2.92. The van der Waals surface area contributed by atoms with Crippen LogP contribution in [-0.2, 0) is 10.0 Å². The van der Waals surface area contributed by atoms with Crippen molar-refractivity contribution in [1.29, 1.82) is 0 Å². The van der Waals surface area contributed by atoms with Crippen molar-refractivity contribution in [3.8, 4) is 0 Å². The molecule has 1 aliphatic rings. The average Bonchev–Trinajstić information content (AvgIpc) is 2.75. The smallest absolute Gasteiger partial charge is 0.261 e. The Morgan fingerprint density at radius 1 is 1.47 bits per heavy atom. The van der Waals surface area contributed by atoms with Crippen LogP contribution in [0.3, 0.4) is 0 Å². The van der Waals surface area contributed by atoms with Gasteiger partial charge in [0.05, 0.1) is 11.1 Å². The van der Waals surface area contributed by atoms with Crippen molar-refractivity contribution in [3.63, 3.8) is 0 Å². The number of amides is 1. The number of aryl methyl sites for hydroxylation is 1. The largest absolute Gasteiger partial charge is 0.347 e. The molecular formula is C12H18N2O3S2. The molecule has 1 fully saturated rings. The van der Waals surface area contributed by atoms with Crippen molar-refractivity contribution in [2.75, 3.05) is 19.3 Å². The van der Waals surface area contributed by atoms with E-state index in [-0.39, 0.29) is 11.9 Å². The molecule has 1 N–H and O–H groups in total. The highest BCUT2D eigenvalue weighted by Crippen LogP contribution is 2.17. The molecule has 1 aromatic rings. The third-order valence-electron chi connectivity index (χ3n) is 3.15. The summed E-state index contributed by atoms with van der Waals surface area (Å²) in [5.74, 6) is -0.113. The summed E-state index contributed by atoms with van der Waals surface area (Å²) in [4.78, 5) is 13.8. The van der Waals surface area contributed by atoms with E-state index in [1.165, 1.54) is 21.9 Å². The first-order chi connectivity index (χ1) is 8.86. The first kappa shape index (κ1) is 14.5. The lowest BCUT2D eigenvalue weighted by Crippen LogP contribution is -2.49. The predicted octanol–water partition coefficient (Wildman–Crippen LogP) is 1.21. The fourth-order valence-corrected chi connectivity index (χ4v) is 3.86. The number of nitrogens with one attached hydrogen (secondary N) is 1. The number of carbonyl (C=O) groups is 1. The summed E-state index contributed by atoms with van der Waals surface area (Å²) in [6, 6.07) is 3.61. The fourth-order valence-electron chi connectivity index (χ4n) is 2.17. The number of piperidine rings is 1. The quantitative estimate of drug-likeness (QED) is 0.912. The van der Waals surface area contributed by atoms with Crippen molar-refractivity contribution >= 4 is 27.3 Å². The van der Waals surface area contributed by atoms with E-state index in [4.69, 9.17) is 0 Å². The van der Waals surface area contributed by atoms with Gasteiger partial charge in [-0.25, -0.2) is 12.7 Å². The van der Waals surface area contributed by atoms with E-state index in [2.05, 4.69) is 5.32 Å². The summed E-state index contributed by atoms with van der Waals surface area (Å²) in [6.45, 7) is 2.87. The van der Waals surface area contributed by atoms with E-state index in [1.807, 2.05) is 13.0 Å². The first-order valence-corrected chi connectivity index (χ1v) is 8.85. The summed E-state index contributed by atoms with van der Waals surface area (Å²) in [7, 11) is -3.17. The Bertz CT molecular complexity index is 565. The topological polar surface area (TPSA) is 66.5 Å². The summed E-state index contributed by atoms with van der Waals surface area (Å²) in [5.41, 5.74) is 0. The SMILES string of the molecule is Cc1ccc(C(=O)NC2CCCN(S(C)(=O)=O)C2)s1. The van der Waals surface area contributed by atoms with Crippen molar-refractivity contribution < 1.29 is 13.2 Å². The van der Waals surface area contributed by atoms with Gasteiger partial charge in [-0.2, -0.15) is 0 Å². The van der Waals surface area contributed by atoms with Gasteiger partial charge in [-0.15, -0.1) is 11.3 Å². The van der Waals surface area contributed by atoms with Gasteiger partial charge in [0.15, 0.2) is 0 Å².